The van der Waals surface area contributed by atoms with Gasteiger partial charge in [0.15, 0.2) is 0 Å². The topological polar surface area (TPSA) is 9.23 Å². The van der Waals surface area contributed by atoms with Crippen LogP contribution >= 0.6 is 0 Å². The Bertz CT molecular complexity index is 791. The summed E-state index contributed by atoms with van der Waals surface area (Å²) in [7, 11) is 0. The lowest BCUT2D eigenvalue weighted by Gasteiger charge is -2.29. The van der Waals surface area contributed by atoms with Crippen LogP contribution in [0.3, 0.4) is 0 Å². The molecular weight excluding hydrogens is 366 g/mol. The third-order valence-corrected chi connectivity index (χ3v) is 5.88. The average Bonchev–Trinajstić information content (AvgIpc) is 2.74. The zero-order chi connectivity index (χ0) is 20.5. The van der Waals surface area contributed by atoms with Gasteiger partial charge in [-0.2, -0.15) is 8.78 Å². The molecule has 0 spiro atoms. The van der Waals surface area contributed by atoms with Crippen molar-refractivity contribution in [1.82, 2.24) is 0 Å². The van der Waals surface area contributed by atoms with Crippen molar-refractivity contribution in [3.8, 4) is 17.6 Å². The van der Waals surface area contributed by atoms with Crippen LogP contribution in [0.25, 0.3) is 0 Å². The van der Waals surface area contributed by atoms with Crippen LogP contribution in [0, 0.1) is 17.8 Å². The molecule has 1 aliphatic rings. The molecular formula is C26H30F2O. The molecule has 0 atom stereocenters. The minimum absolute atomic E-state index is 0.148. The summed E-state index contributed by atoms with van der Waals surface area (Å²) < 4.78 is 28.7. The maximum absolute atomic E-state index is 12.2. The van der Waals surface area contributed by atoms with Crippen LogP contribution in [0.1, 0.15) is 80.9 Å². The highest BCUT2D eigenvalue weighted by molar-refractivity contribution is 5.45. The monoisotopic (exact) mass is 396 g/mol. The van der Waals surface area contributed by atoms with Crippen LogP contribution in [0.15, 0.2) is 48.5 Å². The number of benzene rings is 2. The summed E-state index contributed by atoms with van der Waals surface area (Å²) in [6.07, 6.45) is 10.8. The Morgan fingerprint density at radius 1 is 0.862 bits per heavy atom. The molecule has 3 heteroatoms. The van der Waals surface area contributed by atoms with E-state index in [0.29, 0.717) is 5.92 Å². The highest BCUT2D eigenvalue weighted by Gasteiger charge is 2.21. The molecule has 154 valence electrons. The van der Waals surface area contributed by atoms with Crippen molar-refractivity contribution in [2.75, 3.05) is 0 Å². The average molecular weight is 397 g/mol. The van der Waals surface area contributed by atoms with E-state index in [-0.39, 0.29) is 5.75 Å². The Morgan fingerprint density at radius 2 is 1.45 bits per heavy atom. The number of alkyl halides is 2. The van der Waals surface area contributed by atoms with Gasteiger partial charge in [-0.25, -0.2) is 0 Å². The summed E-state index contributed by atoms with van der Waals surface area (Å²) in [6.45, 7) is -0.534. The third kappa shape index (κ3) is 6.89. The van der Waals surface area contributed by atoms with Crippen molar-refractivity contribution < 1.29 is 13.5 Å². The van der Waals surface area contributed by atoms with Gasteiger partial charge in [-0.05, 0) is 79.5 Å². The molecule has 1 nitrogen and oxygen atoms in total. The maximum atomic E-state index is 12.2. The zero-order valence-electron chi connectivity index (χ0n) is 17.2. The second-order valence-corrected chi connectivity index (χ2v) is 7.99. The van der Waals surface area contributed by atoms with E-state index in [2.05, 4.69) is 47.8 Å². The van der Waals surface area contributed by atoms with E-state index in [1.54, 1.807) is 12.1 Å². The van der Waals surface area contributed by atoms with Crippen molar-refractivity contribution in [2.45, 2.75) is 70.8 Å². The zero-order valence-corrected chi connectivity index (χ0v) is 17.2. The molecule has 0 saturated heterocycles. The fourth-order valence-corrected chi connectivity index (χ4v) is 4.17. The van der Waals surface area contributed by atoms with Crippen LogP contribution in [0.2, 0.25) is 0 Å². The number of rotatable bonds is 7. The lowest BCUT2D eigenvalue weighted by molar-refractivity contribution is -0.0498. The van der Waals surface area contributed by atoms with E-state index in [0.717, 1.165) is 17.0 Å². The SMILES string of the molecule is CCCCC[C@H]1CC[C@H](c2ccc(C#Cc3ccc(OC(F)F)cc3)cc2)CC1. The van der Waals surface area contributed by atoms with Gasteiger partial charge in [0.1, 0.15) is 5.75 Å². The largest absolute Gasteiger partial charge is 0.435 e. The Hall–Kier alpha value is -2.34. The van der Waals surface area contributed by atoms with E-state index in [9.17, 15) is 8.78 Å². The number of hydrogen-bond donors (Lipinski definition) is 0. The normalized spacial score (nSPS) is 18.9. The predicted molar refractivity (Wildman–Crippen MR) is 114 cm³/mol. The molecule has 0 aromatic heterocycles. The Kier molecular flexibility index (Phi) is 8.11. The minimum Gasteiger partial charge on any atom is -0.435 e. The van der Waals surface area contributed by atoms with E-state index in [1.807, 2.05) is 0 Å². The van der Waals surface area contributed by atoms with Crippen molar-refractivity contribution in [1.29, 1.82) is 0 Å². The van der Waals surface area contributed by atoms with Crippen LogP contribution in [0.4, 0.5) is 8.78 Å². The summed E-state index contributed by atoms with van der Waals surface area (Å²) in [5.41, 5.74) is 3.17. The highest BCUT2D eigenvalue weighted by atomic mass is 19.3. The molecule has 2 aromatic rings. The molecule has 0 radical (unpaired) electrons. The van der Waals surface area contributed by atoms with E-state index < -0.39 is 6.61 Å². The Labute approximate surface area is 173 Å². The number of hydrogen-bond acceptors (Lipinski definition) is 1. The van der Waals surface area contributed by atoms with Crippen molar-refractivity contribution >= 4 is 0 Å². The molecule has 2 aromatic carbocycles. The van der Waals surface area contributed by atoms with Gasteiger partial charge in [0.2, 0.25) is 0 Å². The molecule has 1 saturated carbocycles. The summed E-state index contributed by atoms with van der Waals surface area (Å²) in [5.74, 6) is 7.99. The molecule has 0 bridgehead atoms. The van der Waals surface area contributed by atoms with Gasteiger partial charge in [-0.15, -0.1) is 0 Å². The first-order valence-electron chi connectivity index (χ1n) is 10.8. The fourth-order valence-electron chi connectivity index (χ4n) is 4.17. The van der Waals surface area contributed by atoms with Gasteiger partial charge in [0.05, 0.1) is 0 Å². The summed E-state index contributed by atoms with van der Waals surface area (Å²) in [5, 5.41) is 0. The molecule has 0 N–H and O–H groups in total. The molecule has 3 rings (SSSR count). The molecule has 1 fully saturated rings. The number of unbranched alkanes of at least 4 members (excludes halogenated alkanes) is 2. The fraction of sp³-hybridized carbons (Fsp3) is 0.462. The van der Waals surface area contributed by atoms with E-state index >= 15 is 0 Å². The second kappa shape index (κ2) is 11.0. The van der Waals surface area contributed by atoms with Crippen LogP contribution in [0.5, 0.6) is 5.75 Å². The molecule has 1 aliphatic carbocycles. The first-order chi connectivity index (χ1) is 14.1. The summed E-state index contributed by atoms with van der Waals surface area (Å²) >= 11 is 0. The first kappa shape index (κ1) is 21.4. The highest BCUT2D eigenvalue weighted by Crippen LogP contribution is 2.37. The van der Waals surface area contributed by atoms with Crippen molar-refractivity contribution in [3.05, 3.63) is 65.2 Å². The van der Waals surface area contributed by atoms with Gasteiger partial charge >= 0.3 is 6.61 Å². The first-order valence-corrected chi connectivity index (χ1v) is 10.8. The van der Waals surface area contributed by atoms with Gasteiger partial charge in [0.25, 0.3) is 0 Å². The smallest absolute Gasteiger partial charge is 0.387 e. The summed E-state index contributed by atoms with van der Waals surface area (Å²) in [6, 6.07) is 15.0. The Morgan fingerprint density at radius 3 is 2.00 bits per heavy atom. The summed E-state index contributed by atoms with van der Waals surface area (Å²) in [4.78, 5) is 0. The molecule has 0 amide bonds. The Balaban J connectivity index is 1.51. The van der Waals surface area contributed by atoms with E-state index in [4.69, 9.17) is 0 Å². The van der Waals surface area contributed by atoms with Crippen LogP contribution < -0.4 is 4.74 Å². The molecule has 0 heterocycles. The standard InChI is InChI=1S/C26H30F2O/c1-2-3-4-5-20-8-14-23(15-9-20)24-16-10-21(11-17-24)6-7-22-12-18-25(19-13-22)29-26(27)28/h10-13,16-20,23,26H,2-5,8-9,14-15H2,1H3/t20-,23-. The number of halogens is 2. The van der Waals surface area contributed by atoms with Gasteiger partial charge in [-0.1, -0.05) is 56.6 Å². The van der Waals surface area contributed by atoms with Gasteiger partial charge in [-0.3, -0.25) is 0 Å². The quantitative estimate of drug-likeness (QED) is 0.347. The molecule has 29 heavy (non-hydrogen) atoms. The lowest BCUT2D eigenvalue weighted by Crippen LogP contribution is -2.13. The molecule has 0 aliphatic heterocycles. The maximum Gasteiger partial charge on any atom is 0.387 e. The van der Waals surface area contributed by atoms with Crippen LogP contribution in [-0.4, -0.2) is 6.61 Å². The lowest BCUT2D eigenvalue weighted by atomic mass is 9.77. The van der Waals surface area contributed by atoms with Crippen molar-refractivity contribution in [2.24, 2.45) is 5.92 Å². The van der Waals surface area contributed by atoms with Crippen LogP contribution in [-0.2, 0) is 0 Å². The van der Waals surface area contributed by atoms with Gasteiger partial charge in [0, 0.05) is 11.1 Å². The third-order valence-electron chi connectivity index (χ3n) is 5.88. The van der Waals surface area contributed by atoms with Gasteiger partial charge < -0.3 is 4.74 Å². The second-order valence-electron chi connectivity index (χ2n) is 7.99. The predicted octanol–water partition coefficient (Wildman–Crippen LogP) is 7.54. The van der Waals surface area contributed by atoms with E-state index in [1.165, 1.54) is 69.1 Å². The minimum atomic E-state index is -2.80. The number of ether oxygens (including phenoxy) is 1. The van der Waals surface area contributed by atoms with Crippen molar-refractivity contribution in [3.63, 3.8) is 0 Å². The molecule has 0 unspecified atom stereocenters.